The number of amides is 1. The van der Waals surface area contributed by atoms with E-state index < -0.39 is 10.0 Å². The molecule has 2 aromatic heterocycles. The lowest BCUT2D eigenvalue weighted by molar-refractivity contribution is -0.115. The number of sulfonamides is 1. The molecule has 0 unspecified atom stereocenters. The van der Waals surface area contributed by atoms with Crippen molar-refractivity contribution >= 4 is 56.2 Å². The summed E-state index contributed by atoms with van der Waals surface area (Å²) in [6.07, 6.45) is 1.75. The number of carbonyl (C=O) groups is 1. The predicted molar refractivity (Wildman–Crippen MR) is 135 cm³/mol. The fourth-order valence-electron chi connectivity index (χ4n) is 3.61. The molecule has 4 aromatic rings. The lowest BCUT2D eigenvalue weighted by atomic mass is 10.1. The van der Waals surface area contributed by atoms with E-state index in [2.05, 4.69) is 30.3 Å². The van der Waals surface area contributed by atoms with Crippen LogP contribution < -0.4 is 15.4 Å². The first-order chi connectivity index (χ1) is 16.8. The van der Waals surface area contributed by atoms with Gasteiger partial charge in [0.15, 0.2) is 0 Å². The summed E-state index contributed by atoms with van der Waals surface area (Å²) in [5.74, 6) is 0.138. The van der Waals surface area contributed by atoms with Gasteiger partial charge < -0.3 is 10.6 Å². The van der Waals surface area contributed by atoms with Crippen LogP contribution in [0.15, 0.2) is 58.9 Å². The minimum Gasteiger partial charge on any atom is -0.325 e. The van der Waals surface area contributed by atoms with Crippen molar-refractivity contribution in [3.8, 4) is 11.3 Å². The Balaban J connectivity index is 1.35. The van der Waals surface area contributed by atoms with Gasteiger partial charge in [-0.2, -0.15) is 0 Å². The van der Waals surface area contributed by atoms with Crippen LogP contribution in [0.1, 0.15) is 16.3 Å². The van der Waals surface area contributed by atoms with Crippen molar-refractivity contribution in [2.45, 2.75) is 24.8 Å². The van der Waals surface area contributed by atoms with Gasteiger partial charge in [-0.25, -0.2) is 28.1 Å². The first-order valence-electron chi connectivity index (χ1n) is 10.5. The fourth-order valence-corrected chi connectivity index (χ4v) is 5.40. The molecule has 0 radical (unpaired) electrons. The molecular formula is C23H19ClN6O3S2. The van der Waals surface area contributed by atoms with Crippen molar-refractivity contribution in [3.63, 3.8) is 0 Å². The third kappa shape index (κ3) is 5.17. The van der Waals surface area contributed by atoms with Crippen molar-refractivity contribution in [1.29, 1.82) is 0 Å². The molecule has 35 heavy (non-hydrogen) atoms. The second kappa shape index (κ2) is 9.34. The third-order valence-electron chi connectivity index (χ3n) is 5.26. The standard InChI is InChI=1S/C23H19ClN6O3S2/c1-13-27-17(12-34-13)11-26-35(32,33)18-5-3-16(4-6-18)28-23-25-10-14-8-21(31)29-20-9-15(24)2-7-19(20)22(14)30-23/h2-7,9-10,12,26H,8,11H2,1H3,(H,29,31)(H,25,28,30). The Morgan fingerprint density at radius 3 is 2.69 bits per heavy atom. The molecule has 1 aliphatic rings. The maximum atomic E-state index is 12.6. The van der Waals surface area contributed by atoms with Gasteiger partial charge in [0.2, 0.25) is 21.9 Å². The number of hydrogen-bond acceptors (Lipinski definition) is 8. The summed E-state index contributed by atoms with van der Waals surface area (Å²) in [5.41, 5.74) is 3.92. The molecule has 1 aliphatic heterocycles. The van der Waals surface area contributed by atoms with Crippen LogP contribution in [0, 0.1) is 6.92 Å². The molecule has 9 nitrogen and oxygen atoms in total. The van der Waals surface area contributed by atoms with E-state index in [-0.39, 0.29) is 23.8 Å². The molecule has 178 valence electrons. The summed E-state index contributed by atoms with van der Waals surface area (Å²) in [7, 11) is -3.69. The third-order valence-corrected chi connectivity index (χ3v) is 7.73. The van der Waals surface area contributed by atoms with E-state index in [0.717, 1.165) is 10.6 Å². The molecule has 0 fully saturated rings. The second-order valence-electron chi connectivity index (χ2n) is 7.81. The van der Waals surface area contributed by atoms with Crippen LogP contribution in [0.5, 0.6) is 0 Å². The molecule has 0 spiro atoms. The zero-order valence-electron chi connectivity index (χ0n) is 18.4. The van der Waals surface area contributed by atoms with E-state index in [4.69, 9.17) is 11.6 Å². The first kappa shape index (κ1) is 23.4. The van der Waals surface area contributed by atoms with Gasteiger partial charge in [-0.1, -0.05) is 11.6 Å². The molecular weight excluding hydrogens is 508 g/mol. The number of nitrogens with zero attached hydrogens (tertiary/aromatic N) is 3. The smallest absolute Gasteiger partial charge is 0.240 e. The highest BCUT2D eigenvalue weighted by atomic mass is 35.5. The van der Waals surface area contributed by atoms with Gasteiger partial charge in [-0.05, 0) is 49.4 Å². The van der Waals surface area contributed by atoms with Crippen LogP contribution in [0.2, 0.25) is 5.02 Å². The summed E-state index contributed by atoms with van der Waals surface area (Å²) in [6, 6.07) is 11.5. The minimum atomic E-state index is -3.69. The molecule has 5 rings (SSSR count). The lowest BCUT2D eigenvalue weighted by Gasteiger charge is -2.11. The Morgan fingerprint density at radius 1 is 1.14 bits per heavy atom. The molecule has 0 saturated heterocycles. The van der Waals surface area contributed by atoms with Gasteiger partial charge in [-0.15, -0.1) is 11.3 Å². The molecule has 0 aliphatic carbocycles. The van der Waals surface area contributed by atoms with Crippen LogP contribution in [0.25, 0.3) is 11.3 Å². The number of benzene rings is 2. The molecule has 3 N–H and O–H groups in total. The van der Waals surface area contributed by atoms with Crippen molar-refractivity contribution in [2.75, 3.05) is 10.6 Å². The van der Waals surface area contributed by atoms with Crippen LogP contribution in [-0.4, -0.2) is 29.3 Å². The molecule has 0 atom stereocenters. The van der Waals surface area contributed by atoms with Gasteiger partial charge in [0, 0.05) is 33.4 Å². The monoisotopic (exact) mass is 526 g/mol. The number of aryl methyl sites for hydroxylation is 1. The van der Waals surface area contributed by atoms with Crippen molar-refractivity contribution in [2.24, 2.45) is 0 Å². The number of fused-ring (bicyclic) bond motifs is 3. The second-order valence-corrected chi connectivity index (χ2v) is 11.1. The summed E-state index contributed by atoms with van der Waals surface area (Å²) in [4.78, 5) is 25.6. The average molecular weight is 527 g/mol. The number of anilines is 3. The van der Waals surface area contributed by atoms with E-state index in [0.29, 0.717) is 39.3 Å². The number of rotatable bonds is 6. The Labute approximate surface area is 210 Å². The van der Waals surface area contributed by atoms with Gasteiger partial charge >= 0.3 is 0 Å². The average Bonchev–Trinajstić information content (AvgIpc) is 3.18. The molecule has 12 heteroatoms. The Morgan fingerprint density at radius 2 is 1.94 bits per heavy atom. The number of nitrogens with one attached hydrogen (secondary N) is 3. The quantitative estimate of drug-likeness (QED) is 0.342. The molecule has 1 amide bonds. The Kier molecular flexibility index (Phi) is 6.24. The zero-order valence-corrected chi connectivity index (χ0v) is 20.8. The minimum absolute atomic E-state index is 0.125. The molecule has 2 aromatic carbocycles. The topological polar surface area (TPSA) is 126 Å². The summed E-state index contributed by atoms with van der Waals surface area (Å²) in [6.45, 7) is 1.99. The first-order valence-corrected chi connectivity index (χ1v) is 13.2. The fraction of sp³-hybridized carbons (Fsp3) is 0.130. The van der Waals surface area contributed by atoms with Gasteiger partial charge in [0.25, 0.3) is 0 Å². The molecule has 3 heterocycles. The lowest BCUT2D eigenvalue weighted by Crippen LogP contribution is -2.23. The highest BCUT2D eigenvalue weighted by molar-refractivity contribution is 7.89. The van der Waals surface area contributed by atoms with Crippen molar-refractivity contribution in [1.82, 2.24) is 19.7 Å². The summed E-state index contributed by atoms with van der Waals surface area (Å²) >= 11 is 7.56. The number of hydrogen-bond donors (Lipinski definition) is 3. The van der Waals surface area contributed by atoms with E-state index in [1.165, 1.54) is 23.5 Å². The zero-order chi connectivity index (χ0) is 24.6. The maximum Gasteiger partial charge on any atom is 0.240 e. The Hall–Kier alpha value is -3.38. The highest BCUT2D eigenvalue weighted by Gasteiger charge is 2.21. The van der Waals surface area contributed by atoms with Crippen LogP contribution in [-0.2, 0) is 27.8 Å². The number of aromatic nitrogens is 3. The molecule has 0 saturated carbocycles. The normalized spacial score (nSPS) is 12.9. The maximum absolute atomic E-state index is 12.6. The predicted octanol–water partition coefficient (Wildman–Crippen LogP) is 4.28. The summed E-state index contributed by atoms with van der Waals surface area (Å²) < 4.78 is 27.8. The van der Waals surface area contributed by atoms with Crippen LogP contribution in [0.3, 0.4) is 0 Å². The van der Waals surface area contributed by atoms with E-state index in [9.17, 15) is 13.2 Å². The summed E-state index contributed by atoms with van der Waals surface area (Å²) in [5, 5.41) is 9.14. The number of carbonyl (C=O) groups excluding carboxylic acids is 1. The van der Waals surface area contributed by atoms with E-state index >= 15 is 0 Å². The highest BCUT2D eigenvalue weighted by Crippen LogP contribution is 2.34. The molecule has 0 bridgehead atoms. The van der Waals surface area contributed by atoms with Crippen LogP contribution in [0.4, 0.5) is 17.3 Å². The number of halogens is 1. The Bertz CT molecular complexity index is 1540. The van der Waals surface area contributed by atoms with Crippen LogP contribution >= 0.6 is 22.9 Å². The number of thiazole rings is 1. The van der Waals surface area contributed by atoms with E-state index in [1.807, 2.05) is 12.3 Å². The largest absolute Gasteiger partial charge is 0.325 e. The van der Waals surface area contributed by atoms with Gasteiger partial charge in [0.05, 0.1) is 39.9 Å². The van der Waals surface area contributed by atoms with Crippen molar-refractivity contribution < 1.29 is 13.2 Å². The van der Waals surface area contributed by atoms with Gasteiger partial charge in [-0.3, -0.25) is 4.79 Å². The van der Waals surface area contributed by atoms with Gasteiger partial charge in [0.1, 0.15) is 0 Å². The van der Waals surface area contributed by atoms with Crippen molar-refractivity contribution in [3.05, 3.63) is 75.3 Å². The SMILES string of the molecule is Cc1nc(CNS(=O)(=O)c2ccc(Nc3ncc4c(n3)-c3ccc(Cl)cc3NC(=O)C4)cc2)cs1. The van der Waals surface area contributed by atoms with E-state index in [1.54, 1.807) is 36.5 Å².